The van der Waals surface area contributed by atoms with Gasteiger partial charge in [0.1, 0.15) is 5.82 Å². The molecule has 3 aromatic rings. The highest BCUT2D eigenvalue weighted by Crippen LogP contribution is 2.33. The molecule has 244 valence electrons. The Hall–Kier alpha value is -4.94. The molecule has 5 N–H and O–H groups in total. The predicted molar refractivity (Wildman–Crippen MR) is 166 cm³/mol. The minimum atomic E-state index is -1.54. The van der Waals surface area contributed by atoms with Crippen molar-refractivity contribution in [1.82, 2.24) is 26.1 Å². The van der Waals surface area contributed by atoms with E-state index in [4.69, 9.17) is 0 Å². The third-order valence-electron chi connectivity index (χ3n) is 8.44. The summed E-state index contributed by atoms with van der Waals surface area (Å²) in [6, 6.07) is 11.4. The summed E-state index contributed by atoms with van der Waals surface area (Å²) in [4.78, 5) is 72.7. The zero-order chi connectivity index (χ0) is 33.3. The molecule has 0 bridgehead atoms. The Morgan fingerprint density at radius 3 is 2.46 bits per heavy atom. The molecule has 1 aromatic heterocycles. The van der Waals surface area contributed by atoms with Gasteiger partial charge in [0.05, 0.1) is 28.0 Å². The molecule has 1 saturated heterocycles. The number of unbranched alkanes of at least 4 members (excludes halogenated alkanes) is 4. The van der Waals surface area contributed by atoms with Gasteiger partial charge in [-0.3, -0.25) is 34.1 Å². The molecule has 1 aliphatic heterocycles. The zero-order valence-electron chi connectivity index (χ0n) is 25.6. The fourth-order valence-corrected chi connectivity index (χ4v) is 5.61. The third-order valence-corrected chi connectivity index (χ3v) is 8.44. The molecule has 0 radical (unpaired) electrons. The molecule has 2 aromatic carbocycles. The van der Waals surface area contributed by atoms with Crippen LogP contribution in [0.3, 0.4) is 0 Å². The van der Waals surface area contributed by atoms with Crippen LogP contribution in [0.4, 0.5) is 4.39 Å². The molecule has 4 rings (SSSR count). The molecule has 46 heavy (non-hydrogen) atoms. The van der Waals surface area contributed by atoms with Gasteiger partial charge < -0.3 is 15.7 Å². The molecular weight excluding hydrogens is 597 g/mol. The van der Waals surface area contributed by atoms with Gasteiger partial charge in [0.25, 0.3) is 11.5 Å². The molecule has 2 atom stereocenters. The second-order valence-electron chi connectivity index (χ2n) is 11.8. The first kappa shape index (κ1) is 33.9. The van der Waals surface area contributed by atoms with Gasteiger partial charge in [-0.05, 0) is 49.9 Å². The van der Waals surface area contributed by atoms with Crippen molar-refractivity contribution in [3.8, 4) is 0 Å². The second kappa shape index (κ2) is 15.4. The normalized spacial score (nSPS) is 16.0. The number of rotatable bonds is 15. The number of nitrogens with zero attached hydrogens (tertiary/aromatic N) is 1. The lowest BCUT2D eigenvalue weighted by Gasteiger charge is -2.35. The van der Waals surface area contributed by atoms with Gasteiger partial charge >= 0.3 is 5.97 Å². The van der Waals surface area contributed by atoms with Crippen LogP contribution in [0.2, 0.25) is 0 Å². The standard InChI is InChI=1S/C33H38FN5O7/c1-33(32(45)46,24-13-15-28(41)37-31(24)44)19-36-27(40)11-5-3-2-4-8-16-35-29(42)23-17-20(12-14-25(23)34)18-26-21-9-6-7-10-22(21)30(43)39-38-26/h6-7,9-10,12,14,17,24H,2-5,8,11,13,15-16,18-19H2,1H3,(H,35,42)(H,36,40)(H,39,43)(H,45,46)(H,37,41,44). The van der Waals surface area contributed by atoms with E-state index >= 15 is 0 Å². The first-order valence-corrected chi connectivity index (χ1v) is 15.4. The maximum absolute atomic E-state index is 14.5. The van der Waals surface area contributed by atoms with E-state index in [9.17, 15) is 38.3 Å². The number of aliphatic carboxylic acids is 1. The fourth-order valence-electron chi connectivity index (χ4n) is 5.61. The number of imide groups is 1. The molecule has 12 nitrogen and oxygen atoms in total. The van der Waals surface area contributed by atoms with Gasteiger partial charge in [0, 0.05) is 37.7 Å². The lowest BCUT2D eigenvalue weighted by molar-refractivity contribution is -0.158. The van der Waals surface area contributed by atoms with Crippen LogP contribution in [-0.4, -0.2) is 58.0 Å². The van der Waals surface area contributed by atoms with Crippen molar-refractivity contribution in [3.63, 3.8) is 0 Å². The molecular formula is C33H38FN5O7. The lowest BCUT2D eigenvalue weighted by atomic mass is 9.72. The largest absolute Gasteiger partial charge is 0.481 e. The Kier molecular flexibility index (Phi) is 11.3. The van der Waals surface area contributed by atoms with E-state index in [0.29, 0.717) is 47.8 Å². The van der Waals surface area contributed by atoms with Crippen LogP contribution in [0.25, 0.3) is 10.8 Å². The number of carbonyl (C=O) groups is 5. The third kappa shape index (κ3) is 8.40. The number of aromatic amines is 1. The quantitative estimate of drug-likeness (QED) is 0.125. The monoisotopic (exact) mass is 635 g/mol. The number of nitrogens with one attached hydrogen (secondary N) is 4. The van der Waals surface area contributed by atoms with E-state index in [2.05, 4.69) is 26.1 Å². The average molecular weight is 636 g/mol. The van der Waals surface area contributed by atoms with Gasteiger partial charge in [-0.15, -0.1) is 0 Å². The number of fused-ring (bicyclic) bond motifs is 1. The number of piperidine rings is 1. The Labute approximate surface area is 264 Å². The Morgan fingerprint density at radius 2 is 1.72 bits per heavy atom. The summed E-state index contributed by atoms with van der Waals surface area (Å²) in [7, 11) is 0. The summed E-state index contributed by atoms with van der Waals surface area (Å²) in [6.45, 7) is 1.52. The summed E-state index contributed by atoms with van der Waals surface area (Å²) >= 11 is 0. The highest BCUT2D eigenvalue weighted by Gasteiger charge is 2.47. The van der Waals surface area contributed by atoms with Crippen LogP contribution < -0.4 is 21.5 Å². The molecule has 0 spiro atoms. The summed E-state index contributed by atoms with van der Waals surface area (Å²) < 4.78 is 14.5. The van der Waals surface area contributed by atoms with E-state index in [1.165, 1.54) is 19.1 Å². The number of halogens is 1. The smallest absolute Gasteiger partial charge is 0.311 e. The van der Waals surface area contributed by atoms with Gasteiger partial charge in [-0.25, -0.2) is 9.49 Å². The molecule has 1 fully saturated rings. The summed E-state index contributed by atoms with van der Waals surface area (Å²) in [5.74, 6) is -4.71. The molecule has 2 unspecified atom stereocenters. The first-order chi connectivity index (χ1) is 22.0. The Morgan fingerprint density at radius 1 is 1.00 bits per heavy atom. The molecule has 4 amide bonds. The number of carboxylic acids is 1. The van der Waals surface area contributed by atoms with Crippen molar-refractivity contribution < 1.29 is 33.5 Å². The summed E-state index contributed by atoms with van der Waals surface area (Å²) in [6.07, 6.45) is 4.23. The van der Waals surface area contributed by atoms with E-state index in [0.717, 1.165) is 19.3 Å². The van der Waals surface area contributed by atoms with Crippen LogP contribution in [0.5, 0.6) is 0 Å². The van der Waals surface area contributed by atoms with Gasteiger partial charge in [-0.2, -0.15) is 5.10 Å². The number of carboxylic acid groups (broad SMARTS) is 1. The van der Waals surface area contributed by atoms with E-state index in [1.54, 1.807) is 30.3 Å². The second-order valence-corrected chi connectivity index (χ2v) is 11.8. The van der Waals surface area contributed by atoms with E-state index in [1.807, 2.05) is 0 Å². The maximum atomic E-state index is 14.5. The van der Waals surface area contributed by atoms with Crippen molar-refractivity contribution in [2.75, 3.05) is 13.1 Å². The van der Waals surface area contributed by atoms with Gasteiger partial charge in [-0.1, -0.05) is 43.5 Å². The highest BCUT2D eigenvalue weighted by molar-refractivity contribution is 6.01. The molecule has 0 saturated carbocycles. The topological polar surface area (TPSA) is 187 Å². The van der Waals surface area contributed by atoms with Crippen molar-refractivity contribution >= 4 is 40.4 Å². The van der Waals surface area contributed by atoms with Crippen LogP contribution in [-0.2, 0) is 25.6 Å². The first-order valence-electron chi connectivity index (χ1n) is 15.4. The number of H-pyrrole nitrogens is 1. The number of amides is 4. The Bertz CT molecular complexity index is 1690. The highest BCUT2D eigenvalue weighted by atomic mass is 19.1. The van der Waals surface area contributed by atoms with Crippen molar-refractivity contribution in [3.05, 3.63) is 75.5 Å². The molecule has 0 aliphatic carbocycles. The molecule has 1 aliphatic rings. The van der Waals surface area contributed by atoms with Crippen molar-refractivity contribution in [2.45, 2.75) is 64.7 Å². The minimum absolute atomic E-state index is 0.0518. The van der Waals surface area contributed by atoms with Crippen LogP contribution in [0.15, 0.2) is 47.3 Å². The maximum Gasteiger partial charge on any atom is 0.311 e. The number of carbonyl (C=O) groups excluding carboxylic acids is 4. The number of hydrogen-bond acceptors (Lipinski definition) is 7. The average Bonchev–Trinajstić information content (AvgIpc) is 3.03. The minimum Gasteiger partial charge on any atom is -0.481 e. The van der Waals surface area contributed by atoms with Crippen LogP contribution in [0.1, 0.15) is 79.9 Å². The number of aromatic nitrogens is 2. The fraction of sp³-hybridized carbons (Fsp3) is 0.424. The van der Waals surface area contributed by atoms with E-state index < -0.39 is 40.8 Å². The molecule has 13 heteroatoms. The summed E-state index contributed by atoms with van der Waals surface area (Å²) in [5, 5.41) is 25.1. The summed E-state index contributed by atoms with van der Waals surface area (Å²) in [5.41, 5.74) is -0.632. The Balaban J connectivity index is 1.15. The van der Waals surface area contributed by atoms with Crippen molar-refractivity contribution in [2.24, 2.45) is 11.3 Å². The van der Waals surface area contributed by atoms with Crippen LogP contribution >= 0.6 is 0 Å². The van der Waals surface area contributed by atoms with E-state index in [-0.39, 0.29) is 42.8 Å². The number of hydrogen-bond donors (Lipinski definition) is 5. The van der Waals surface area contributed by atoms with Crippen molar-refractivity contribution in [1.29, 1.82) is 0 Å². The SMILES string of the molecule is CC(CNC(=O)CCCCCCCNC(=O)c1cc(Cc2n[nH]c(=O)c3ccccc23)ccc1F)(C(=O)O)C1CCC(=O)NC1=O. The van der Waals surface area contributed by atoms with Gasteiger partial charge in [0.2, 0.25) is 17.7 Å². The lowest BCUT2D eigenvalue weighted by Crippen LogP contribution is -2.54. The van der Waals surface area contributed by atoms with Gasteiger partial charge in [0.15, 0.2) is 0 Å². The number of benzene rings is 2. The molecule has 2 heterocycles. The van der Waals surface area contributed by atoms with Crippen LogP contribution in [0, 0.1) is 17.2 Å². The zero-order valence-corrected chi connectivity index (χ0v) is 25.6. The predicted octanol–water partition coefficient (Wildman–Crippen LogP) is 2.98.